The zero-order valence-corrected chi connectivity index (χ0v) is 19.4. The third-order valence-corrected chi connectivity index (χ3v) is 5.79. The van der Waals surface area contributed by atoms with Gasteiger partial charge in [0, 0.05) is 51.4 Å². The number of piperidine rings is 1. The number of nitrogens with zero attached hydrogens (tertiary/aromatic N) is 2. The quantitative estimate of drug-likeness (QED) is 0.516. The van der Waals surface area contributed by atoms with Crippen LogP contribution in [0.2, 0.25) is 0 Å². The Hall–Kier alpha value is -2.74. The summed E-state index contributed by atoms with van der Waals surface area (Å²) >= 11 is 0. The highest BCUT2D eigenvalue weighted by Gasteiger charge is 2.36. The molecule has 0 spiro atoms. The summed E-state index contributed by atoms with van der Waals surface area (Å²) in [7, 11) is 1.57. The molecular formula is C24H33N3O5. The van der Waals surface area contributed by atoms with Gasteiger partial charge in [-0.2, -0.15) is 0 Å². The molecule has 0 saturated carbocycles. The maximum absolute atomic E-state index is 13.0. The van der Waals surface area contributed by atoms with E-state index in [0.717, 1.165) is 0 Å². The standard InChI is InChI=1S/C24H33N3O5/c1-24(2,3)15-20(28)25-17-8-11-26(12-9-17)21(29)16-6-7-18-19(14-16)23(31)27(22(18)30)10-5-13-32-4/h6-7,14,17H,5,8-13,15H2,1-4H3,(H,25,28). The highest BCUT2D eigenvalue weighted by atomic mass is 16.5. The molecular weight excluding hydrogens is 410 g/mol. The first-order valence-electron chi connectivity index (χ1n) is 11.2. The molecule has 0 bridgehead atoms. The summed E-state index contributed by atoms with van der Waals surface area (Å²) in [5.41, 5.74) is 0.956. The van der Waals surface area contributed by atoms with Crippen LogP contribution in [0.3, 0.4) is 0 Å². The Bertz CT molecular complexity index is 897. The van der Waals surface area contributed by atoms with Crippen LogP contribution in [-0.4, -0.2) is 72.8 Å². The van der Waals surface area contributed by atoms with E-state index in [4.69, 9.17) is 4.74 Å². The predicted molar refractivity (Wildman–Crippen MR) is 119 cm³/mol. The Morgan fingerprint density at radius 2 is 1.75 bits per heavy atom. The molecule has 0 unspecified atom stereocenters. The Morgan fingerprint density at radius 1 is 1.09 bits per heavy atom. The Kier molecular flexibility index (Phi) is 7.33. The molecule has 8 nitrogen and oxygen atoms in total. The van der Waals surface area contributed by atoms with Crippen molar-refractivity contribution >= 4 is 23.6 Å². The second kappa shape index (κ2) is 9.81. The van der Waals surface area contributed by atoms with Gasteiger partial charge in [-0.3, -0.25) is 24.1 Å². The second-order valence-electron chi connectivity index (χ2n) is 9.74. The van der Waals surface area contributed by atoms with Crippen molar-refractivity contribution in [2.45, 2.75) is 52.5 Å². The SMILES string of the molecule is COCCCN1C(=O)c2ccc(C(=O)N3CCC(NC(=O)CC(C)(C)C)CC3)cc2C1=O. The molecule has 0 aliphatic carbocycles. The lowest BCUT2D eigenvalue weighted by molar-refractivity contribution is -0.123. The van der Waals surface area contributed by atoms with Gasteiger partial charge in [-0.05, 0) is 42.9 Å². The van der Waals surface area contributed by atoms with Gasteiger partial charge in [0.05, 0.1) is 11.1 Å². The van der Waals surface area contributed by atoms with Crippen LogP contribution in [-0.2, 0) is 9.53 Å². The number of carbonyl (C=O) groups is 4. The number of hydrogen-bond donors (Lipinski definition) is 1. The molecule has 2 aliphatic rings. The second-order valence-corrected chi connectivity index (χ2v) is 9.74. The molecule has 1 N–H and O–H groups in total. The van der Waals surface area contributed by atoms with E-state index in [9.17, 15) is 19.2 Å². The van der Waals surface area contributed by atoms with E-state index in [1.54, 1.807) is 24.1 Å². The summed E-state index contributed by atoms with van der Waals surface area (Å²) < 4.78 is 4.99. The van der Waals surface area contributed by atoms with Crippen molar-refractivity contribution in [1.29, 1.82) is 0 Å². The van der Waals surface area contributed by atoms with Crippen LogP contribution in [0.4, 0.5) is 0 Å². The molecule has 2 heterocycles. The van der Waals surface area contributed by atoms with Gasteiger partial charge < -0.3 is 15.0 Å². The molecule has 8 heteroatoms. The van der Waals surface area contributed by atoms with Crippen LogP contribution in [0.15, 0.2) is 18.2 Å². The number of hydrogen-bond acceptors (Lipinski definition) is 5. The summed E-state index contributed by atoms with van der Waals surface area (Å²) in [6, 6.07) is 4.78. The summed E-state index contributed by atoms with van der Waals surface area (Å²) in [5.74, 6) is -0.813. The fraction of sp³-hybridized carbons (Fsp3) is 0.583. The number of benzene rings is 1. The fourth-order valence-electron chi connectivity index (χ4n) is 4.16. The van der Waals surface area contributed by atoms with E-state index < -0.39 is 0 Å². The van der Waals surface area contributed by atoms with Crippen LogP contribution in [0.25, 0.3) is 0 Å². The Labute approximate surface area is 189 Å². The number of nitrogens with one attached hydrogen (secondary N) is 1. The smallest absolute Gasteiger partial charge is 0.261 e. The van der Waals surface area contributed by atoms with Crippen molar-refractivity contribution < 1.29 is 23.9 Å². The van der Waals surface area contributed by atoms with Crippen LogP contribution in [0.1, 0.15) is 77.5 Å². The Morgan fingerprint density at radius 3 is 2.38 bits per heavy atom. The molecule has 1 fully saturated rings. The summed E-state index contributed by atoms with van der Waals surface area (Å²) in [6.45, 7) is 7.91. The van der Waals surface area contributed by atoms with E-state index in [1.807, 2.05) is 20.8 Å². The van der Waals surface area contributed by atoms with Crippen LogP contribution in [0, 0.1) is 5.41 Å². The lowest BCUT2D eigenvalue weighted by Crippen LogP contribution is -2.47. The van der Waals surface area contributed by atoms with Crippen molar-refractivity contribution in [3.05, 3.63) is 34.9 Å². The number of imide groups is 1. The molecule has 1 aromatic carbocycles. The molecule has 32 heavy (non-hydrogen) atoms. The molecule has 4 amide bonds. The van der Waals surface area contributed by atoms with Crippen molar-refractivity contribution in [2.75, 3.05) is 33.4 Å². The van der Waals surface area contributed by atoms with Crippen molar-refractivity contribution in [3.8, 4) is 0 Å². The molecule has 0 aromatic heterocycles. The minimum atomic E-state index is -0.365. The van der Waals surface area contributed by atoms with Crippen LogP contribution in [0.5, 0.6) is 0 Å². The zero-order valence-electron chi connectivity index (χ0n) is 19.4. The molecule has 1 aromatic rings. The zero-order chi connectivity index (χ0) is 23.5. The molecule has 1 saturated heterocycles. The van der Waals surface area contributed by atoms with E-state index in [1.165, 1.54) is 11.0 Å². The lowest BCUT2D eigenvalue weighted by atomic mass is 9.91. The highest BCUT2D eigenvalue weighted by molar-refractivity contribution is 6.22. The number of carbonyl (C=O) groups excluding carboxylic acids is 4. The van der Waals surface area contributed by atoms with E-state index >= 15 is 0 Å². The lowest BCUT2D eigenvalue weighted by Gasteiger charge is -2.33. The average molecular weight is 444 g/mol. The van der Waals surface area contributed by atoms with Gasteiger partial charge in [0.15, 0.2) is 0 Å². The van der Waals surface area contributed by atoms with Crippen LogP contribution >= 0.6 is 0 Å². The van der Waals surface area contributed by atoms with Gasteiger partial charge in [0.25, 0.3) is 17.7 Å². The van der Waals surface area contributed by atoms with Gasteiger partial charge in [-0.1, -0.05) is 20.8 Å². The summed E-state index contributed by atoms with van der Waals surface area (Å²) in [6.07, 6.45) is 2.42. The molecule has 2 aliphatic heterocycles. The van der Waals surface area contributed by atoms with Crippen LogP contribution < -0.4 is 5.32 Å². The maximum Gasteiger partial charge on any atom is 0.261 e. The number of rotatable bonds is 7. The van der Waals surface area contributed by atoms with Gasteiger partial charge in [-0.25, -0.2) is 0 Å². The number of ether oxygens (including phenoxy) is 1. The van der Waals surface area contributed by atoms with E-state index in [0.29, 0.717) is 56.5 Å². The number of fused-ring (bicyclic) bond motifs is 1. The minimum Gasteiger partial charge on any atom is -0.385 e. The van der Waals surface area contributed by atoms with E-state index in [-0.39, 0.29) is 47.2 Å². The van der Waals surface area contributed by atoms with Crippen molar-refractivity contribution in [1.82, 2.24) is 15.1 Å². The first-order chi connectivity index (χ1) is 15.1. The van der Waals surface area contributed by atoms with Crippen molar-refractivity contribution in [2.24, 2.45) is 5.41 Å². The number of methoxy groups -OCH3 is 1. The predicted octanol–water partition coefficient (Wildman–Crippen LogP) is 2.48. The van der Waals surface area contributed by atoms with Gasteiger partial charge >= 0.3 is 0 Å². The fourth-order valence-corrected chi connectivity index (χ4v) is 4.16. The summed E-state index contributed by atoms with van der Waals surface area (Å²) in [5, 5.41) is 3.07. The maximum atomic E-state index is 13.0. The number of likely N-dealkylation sites (tertiary alicyclic amines) is 1. The average Bonchev–Trinajstić information content (AvgIpc) is 2.97. The third kappa shape index (κ3) is 5.54. The van der Waals surface area contributed by atoms with Crippen molar-refractivity contribution in [3.63, 3.8) is 0 Å². The highest BCUT2D eigenvalue weighted by Crippen LogP contribution is 2.25. The molecule has 0 radical (unpaired) electrons. The summed E-state index contributed by atoms with van der Waals surface area (Å²) in [4.78, 5) is 53.4. The molecule has 3 rings (SSSR count). The monoisotopic (exact) mass is 443 g/mol. The van der Waals surface area contributed by atoms with Gasteiger partial charge in [-0.15, -0.1) is 0 Å². The third-order valence-electron chi connectivity index (χ3n) is 5.79. The normalized spacial score (nSPS) is 17.0. The molecule has 0 atom stereocenters. The minimum absolute atomic E-state index is 0.0409. The largest absolute Gasteiger partial charge is 0.385 e. The Balaban J connectivity index is 1.59. The van der Waals surface area contributed by atoms with E-state index in [2.05, 4.69) is 5.32 Å². The first-order valence-corrected chi connectivity index (χ1v) is 11.2. The molecule has 174 valence electrons. The number of amides is 4. The van der Waals surface area contributed by atoms with Gasteiger partial charge in [0.2, 0.25) is 5.91 Å². The topological polar surface area (TPSA) is 96.0 Å². The first kappa shape index (κ1) is 23.9. The van der Waals surface area contributed by atoms with Gasteiger partial charge in [0.1, 0.15) is 0 Å².